The van der Waals surface area contributed by atoms with Gasteiger partial charge in [0.05, 0.1) is 14.2 Å². The Labute approximate surface area is 157 Å². The van der Waals surface area contributed by atoms with Gasteiger partial charge in [-0.3, -0.25) is 9.59 Å². The Balaban J connectivity index is 1.77. The summed E-state index contributed by atoms with van der Waals surface area (Å²) >= 11 is 0. The maximum Gasteiger partial charge on any atom is 0.341 e. The zero-order valence-corrected chi connectivity index (χ0v) is 15.6. The molecule has 2 aromatic rings. The maximum atomic E-state index is 12.6. The van der Waals surface area contributed by atoms with Crippen LogP contribution in [-0.2, 0) is 17.7 Å². The zero-order valence-electron chi connectivity index (χ0n) is 15.6. The van der Waals surface area contributed by atoms with E-state index in [9.17, 15) is 14.4 Å². The molecule has 0 fully saturated rings. The van der Waals surface area contributed by atoms with Crippen LogP contribution in [0.5, 0.6) is 5.75 Å². The van der Waals surface area contributed by atoms with Crippen molar-refractivity contribution in [2.45, 2.75) is 32.7 Å². The number of rotatable bonds is 5. The summed E-state index contributed by atoms with van der Waals surface area (Å²) in [5.41, 5.74) is 3.63. The van der Waals surface area contributed by atoms with Crippen molar-refractivity contribution in [3.8, 4) is 5.75 Å². The number of Topliss-reactive ketones (excluding diaryl/α,β-unsaturated/α-hetero) is 1. The summed E-state index contributed by atoms with van der Waals surface area (Å²) < 4.78 is 9.92. The quantitative estimate of drug-likeness (QED) is 0.789. The van der Waals surface area contributed by atoms with Crippen LogP contribution in [0.4, 0.5) is 0 Å². The number of hydrogen-bond donors (Lipinski definition) is 2. The lowest BCUT2D eigenvalue weighted by molar-refractivity contribution is 0.0596. The third kappa shape index (κ3) is 3.58. The lowest BCUT2D eigenvalue weighted by Gasteiger charge is -2.10. The van der Waals surface area contributed by atoms with E-state index < -0.39 is 5.97 Å². The number of carbonyl (C=O) groups excluding carboxylic acids is 3. The minimum atomic E-state index is -0.508. The molecule has 0 saturated carbocycles. The van der Waals surface area contributed by atoms with E-state index in [0.29, 0.717) is 34.6 Å². The van der Waals surface area contributed by atoms with Crippen LogP contribution in [0.3, 0.4) is 0 Å². The van der Waals surface area contributed by atoms with E-state index in [0.717, 1.165) is 24.1 Å². The lowest BCUT2D eigenvalue weighted by Crippen LogP contribution is -2.24. The molecular formula is C20H22N2O5. The van der Waals surface area contributed by atoms with Crippen molar-refractivity contribution < 1.29 is 23.9 Å². The number of methoxy groups -OCH3 is 2. The van der Waals surface area contributed by atoms with Gasteiger partial charge in [-0.05, 0) is 43.0 Å². The van der Waals surface area contributed by atoms with Crippen molar-refractivity contribution in [2.24, 2.45) is 0 Å². The van der Waals surface area contributed by atoms with Gasteiger partial charge in [-0.15, -0.1) is 0 Å². The number of esters is 1. The van der Waals surface area contributed by atoms with Crippen molar-refractivity contribution in [3.63, 3.8) is 0 Å². The third-order valence-electron chi connectivity index (χ3n) is 4.79. The summed E-state index contributed by atoms with van der Waals surface area (Å²) in [6, 6.07) is 5.05. The van der Waals surface area contributed by atoms with E-state index in [1.807, 2.05) is 0 Å². The topological polar surface area (TPSA) is 97.5 Å². The fourth-order valence-electron chi connectivity index (χ4n) is 3.41. The molecule has 1 heterocycles. The van der Waals surface area contributed by atoms with Crippen LogP contribution in [-0.4, -0.2) is 36.9 Å². The van der Waals surface area contributed by atoms with Crippen LogP contribution >= 0.6 is 0 Å². The van der Waals surface area contributed by atoms with Gasteiger partial charge in [0, 0.05) is 24.2 Å². The molecule has 7 heteroatoms. The second kappa shape index (κ2) is 7.65. The Morgan fingerprint density at radius 1 is 1.22 bits per heavy atom. The predicted octanol–water partition coefficient (Wildman–Crippen LogP) is 2.57. The summed E-state index contributed by atoms with van der Waals surface area (Å²) in [6.45, 7) is 2.01. The normalized spacial score (nSPS) is 13.1. The molecule has 7 nitrogen and oxygen atoms in total. The Bertz CT molecular complexity index is 913. The second-order valence-corrected chi connectivity index (χ2v) is 6.46. The monoisotopic (exact) mass is 370 g/mol. The predicted molar refractivity (Wildman–Crippen MR) is 98.3 cm³/mol. The molecule has 1 aliphatic rings. The van der Waals surface area contributed by atoms with Gasteiger partial charge in [-0.25, -0.2) is 4.79 Å². The van der Waals surface area contributed by atoms with Gasteiger partial charge < -0.3 is 19.8 Å². The maximum absolute atomic E-state index is 12.6. The number of amides is 1. The van der Waals surface area contributed by atoms with E-state index in [2.05, 4.69) is 10.3 Å². The molecule has 0 spiro atoms. The molecule has 2 N–H and O–H groups in total. The number of fused-ring (bicyclic) bond motifs is 1. The fourth-order valence-corrected chi connectivity index (χ4v) is 3.41. The van der Waals surface area contributed by atoms with Gasteiger partial charge in [0.1, 0.15) is 17.0 Å². The number of H-pyrrole nitrogens is 1. The Hall–Kier alpha value is -3.09. The second-order valence-electron chi connectivity index (χ2n) is 6.46. The van der Waals surface area contributed by atoms with Gasteiger partial charge >= 0.3 is 5.97 Å². The molecule has 1 aromatic heterocycles. The first-order valence-electron chi connectivity index (χ1n) is 8.74. The van der Waals surface area contributed by atoms with Crippen LogP contribution in [0.1, 0.15) is 60.9 Å². The van der Waals surface area contributed by atoms with E-state index >= 15 is 0 Å². The number of nitrogens with one attached hydrogen (secondary N) is 2. The standard InChI is InChI=1S/C20H22N2O5/c1-11-17-14(5-4-6-15(17)23)22-18(11)19(24)21-10-12-7-8-16(26-2)13(9-12)20(25)27-3/h7-9,22H,4-6,10H2,1-3H3,(H,21,24). The fraction of sp³-hybridized carbons (Fsp3) is 0.350. The largest absolute Gasteiger partial charge is 0.496 e. The minimum Gasteiger partial charge on any atom is -0.496 e. The summed E-state index contributed by atoms with van der Waals surface area (Å²) in [5.74, 6) is -0.304. The third-order valence-corrected chi connectivity index (χ3v) is 4.79. The molecule has 0 bridgehead atoms. The number of aryl methyl sites for hydroxylation is 1. The number of carbonyl (C=O) groups is 3. The lowest BCUT2D eigenvalue weighted by atomic mass is 9.94. The molecule has 0 atom stereocenters. The van der Waals surface area contributed by atoms with Gasteiger partial charge in [-0.2, -0.15) is 0 Å². The Kier molecular flexibility index (Phi) is 5.30. The van der Waals surface area contributed by atoms with E-state index in [1.54, 1.807) is 25.1 Å². The first-order chi connectivity index (χ1) is 13.0. The molecule has 0 unspecified atom stereocenters. The SMILES string of the molecule is COC(=O)c1cc(CNC(=O)c2[nH]c3c(c2C)C(=O)CCC3)ccc1OC. The Morgan fingerprint density at radius 2 is 2.00 bits per heavy atom. The first kappa shape index (κ1) is 18.7. The van der Waals surface area contributed by atoms with Crippen molar-refractivity contribution in [3.05, 3.63) is 51.8 Å². The van der Waals surface area contributed by atoms with E-state index in [1.165, 1.54) is 14.2 Å². The molecule has 1 aliphatic carbocycles. The number of aromatic nitrogens is 1. The van der Waals surface area contributed by atoms with Gasteiger partial charge in [0.2, 0.25) is 0 Å². The summed E-state index contributed by atoms with van der Waals surface area (Å²) in [7, 11) is 2.77. The van der Waals surface area contributed by atoms with Crippen molar-refractivity contribution in [2.75, 3.05) is 14.2 Å². The zero-order chi connectivity index (χ0) is 19.6. The van der Waals surface area contributed by atoms with Gasteiger partial charge in [0.15, 0.2) is 5.78 Å². The van der Waals surface area contributed by atoms with E-state index in [-0.39, 0.29) is 18.2 Å². The summed E-state index contributed by atoms with van der Waals surface area (Å²) in [6.07, 6.45) is 2.10. The Morgan fingerprint density at radius 3 is 2.67 bits per heavy atom. The van der Waals surface area contributed by atoms with Crippen molar-refractivity contribution in [1.29, 1.82) is 0 Å². The number of hydrogen-bond acceptors (Lipinski definition) is 5. The highest BCUT2D eigenvalue weighted by atomic mass is 16.5. The number of ketones is 1. The molecule has 0 radical (unpaired) electrons. The highest BCUT2D eigenvalue weighted by Crippen LogP contribution is 2.26. The van der Waals surface area contributed by atoms with Crippen molar-refractivity contribution in [1.82, 2.24) is 10.3 Å². The highest BCUT2D eigenvalue weighted by Gasteiger charge is 2.26. The number of aromatic amines is 1. The molecule has 27 heavy (non-hydrogen) atoms. The first-order valence-corrected chi connectivity index (χ1v) is 8.74. The molecular weight excluding hydrogens is 348 g/mol. The molecule has 0 aliphatic heterocycles. The van der Waals surface area contributed by atoms with E-state index in [4.69, 9.17) is 9.47 Å². The molecule has 142 valence electrons. The van der Waals surface area contributed by atoms with Gasteiger partial charge in [0.25, 0.3) is 5.91 Å². The van der Waals surface area contributed by atoms with Crippen LogP contribution in [0, 0.1) is 6.92 Å². The van der Waals surface area contributed by atoms with Crippen LogP contribution in [0.2, 0.25) is 0 Å². The molecule has 0 saturated heterocycles. The highest BCUT2D eigenvalue weighted by molar-refractivity contribution is 6.04. The summed E-state index contributed by atoms with van der Waals surface area (Å²) in [4.78, 5) is 39.7. The van der Waals surface area contributed by atoms with Gasteiger partial charge in [-0.1, -0.05) is 6.07 Å². The van der Waals surface area contributed by atoms with Crippen LogP contribution < -0.4 is 10.1 Å². The smallest absolute Gasteiger partial charge is 0.341 e. The van der Waals surface area contributed by atoms with Crippen molar-refractivity contribution >= 4 is 17.7 Å². The summed E-state index contributed by atoms with van der Waals surface area (Å²) in [5, 5.41) is 2.83. The average molecular weight is 370 g/mol. The van der Waals surface area contributed by atoms with Crippen LogP contribution in [0.15, 0.2) is 18.2 Å². The molecule has 1 amide bonds. The molecule has 1 aromatic carbocycles. The average Bonchev–Trinajstić information content (AvgIpc) is 3.03. The number of benzene rings is 1. The molecule has 3 rings (SSSR count). The minimum absolute atomic E-state index is 0.0851. The van der Waals surface area contributed by atoms with Crippen LogP contribution in [0.25, 0.3) is 0 Å². The number of ether oxygens (including phenoxy) is 2.